The van der Waals surface area contributed by atoms with E-state index < -0.39 is 0 Å². The van der Waals surface area contributed by atoms with Crippen LogP contribution >= 0.6 is 11.3 Å². The van der Waals surface area contributed by atoms with Gasteiger partial charge in [-0.1, -0.05) is 26.3 Å². The first-order valence-electron chi connectivity index (χ1n) is 5.10. The van der Waals surface area contributed by atoms with Gasteiger partial charge in [-0.25, -0.2) is 0 Å². The van der Waals surface area contributed by atoms with Crippen LogP contribution in [-0.4, -0.2) is 5.91 Å². The number of thiophene rings is 1. The standard InChI is InChI=1S/C11H17NOS/c1-3-6-9(12-11(13)4-2)10-7-5-8-14-10/h5,7-9H,3-4,6H2,1-2H3,(H,12,13). The summed E-state index contributed by atoms with van der Waals surface area (Å²) < 4.78 is 0. The van der Waals surface area contributed by atoms with E-state index in [1.807, 2.05) is 13.0 Å². The Bertz CT molecular complexity index is 269. The third kappa shape index (κ3) is 3.14. The minimum atomic E-state index is 0.136. The van der Waals surface area contributed by atoms with Crippen molar-refractivity contribution in [2.45, 2.75) is 39.2 Å². The number of hydrogen-bond acceptors (Lipinski definition) is 2. The molecule has 0 spiro atoms. The highest BCUT2D eigenvalue weighted by Gasteiger charge is 2.12. The molecule has 2 nitrogen and oxygen atoms in total. The van der Waals surface area contributed by atoms with E-state index in [1.165, 1.54) is 4.88 Å². The minimum Gasteiger partial charge on any atom is -0.348 e. The first kappa shape index (κ1) is 11.2. The second kappa shape index (κ2) is 5.81. The molecule has 0 aliphatic heterocycles. The third-order valence-corrected chi connectivity index (χ3v) is 3.11. The Morgan fingerprint density at radius 2 is 2.36 bits per heavy atom. The van der Waals surface area contributed by atoms with Crippen molar-refractivity contribution in [3.05, 3.63) is 22.4 Å². The zero-order chi connectivity index (χ0) is 10.4. The summed E-state index contributed by atoms with van der Waals surface area (Å²) in [5.74, 6) is 0.136. The molecule has 1 aromatic heterocycles. The van der Waals surface area contributed by atoms with Crippen molar-refractivity contribution in [3.8, 4) is 0 Å². The molecule has 1 heterocycles. The second-order valence-corrected chi connectivity index (χ2v) is 4.26. The molecule has 0 aliphatic carbocycles. The minimum absolute atomic E-state index is 0.136. The largest absolute Gasteiger partial charge is 0.348 e. The molecule has 0 fully saturated rings. The first-order valence-corrected chi connectivity index (χ1v) is 5.98. The average Bonchev–Trinajstić information content (AvgIpc) is 2.69. The van der Waals surface area contributed by atoms with Gasteiger partial charge in [0.1, 0.15) is 0 Å². The Labute approximate surface area is 89.3 Å². The molecule has 0 aromatic carbocycles. The van der Waals surface area contributed by atoms with Crippen LogP contribution in [0.15, 0.2) is 17.5 Å². The molecule has 1 atom stereocenters. The zero-order valence-corrected chi connectivity index (χ0v) is 9.56. The van der Waals surface area contributed by atoms with Crippen LogP contribution in [0, 0.1) is 0 Å². The van der Waals surface area contributed by atoms with E-state index in [0.717, 1.165) is 12.8 Å². The molecular formula is C11H17NOS. The van der Waals surface area contributed by atoms with E-state index >= 15 is 0 Å². The molecule has 0 bridgehead atoms. The van der Waals surface area contributed by atoms with Crippen molar-refractivity contribution in [1.82, 2.24) is 5.32 Å². The molecule has 78 valence electrons. The van der Waals surface area contributed by atoms with Crippen LogP contribution in [0.5, 0.6) is 0 Å². The Hall–Kier alpha value is -0.830. The van der Waals surface area contributed by atoms with Gasteiger partial charge >= 0.3 is 0 Å². The predicted octanol–water partition coefficient (Wildman–Crippen LogP) is 3.12. The fraction of sp³-hybridized carbons (Fsp3) is 0.545. The number of carbonyl (C=O) groups excluding carboxylic acids is 1. The SMILES string of the molecule is CCCC(NC(=O)CC)c1cccs1. The number of rotatable bonds is 5. The average molecular weight is 211 g/mol. The van der Waals surface area contributed by atoms with Crippen molar-refractivity contribution in [1.29, 1.82) is 0 Å². The molecule has 0 saturated carbocycles. The van der Waals surface area contributed by atoms with Gasteiger partial charge in [0.2, 0.25) is 5.91 Å². The van der Waals surface area contributed by atoms with Gasteiger partial charge in [0, 0.05) is 11.3 Å². The molecular weight excluding hydrogens is 194 g/mol. The summed E-state index contributed by atoms with van der Waals surface area (Å²) in [6.07, 6.45) is 2.67. The maximum Gasteiger partial charge on any atom is 0.220 e. The highest BCUT2D eigenvalue weighted by atomic mass is 32.1. The van der Waals surface area contributed by atoms with Gasteiger partial charge in [-0.05, 0) is 17.9 Å². The van der Waals surface area contributed by atoms with Gasteiger partial charge in [-0.15, -0.1) is 11.3 Å². The van der Waals surface area contributed by atoms with Crippen LogP contribution in [0.25, 0.3) is 0 Å². The van der Waals surface area contributed by atoms with Crippen LogP contribution in [0.4, 0.5) is 0 Å². The quantitative estimate of drug-likeness (QED) is 0.796. The van der Waals surface area contributed by atoms with Crippen molar-refractivity contribution >= 4 is 17.2 Å². The second-order valence-electron chi connectivity index (χ2n) is 3.28. The lowest BCUT2D eigenvalue weighted by Gasteiger charge is -2.15. The summed E-state index contributed by atoms with van der Waals surface area (Å²) in [4.78, 5) is 12.5. The Balaban J connectivity index is 2.60. The number of amides is 1. The highest BCUT2D eigenvalue weighted by Crippen LogP contribution is 2.23. The lowest BCUT2D eigenvalue weighted by molar-refractivity contribution is -0.121. The first-order chi connectivity index (χ1) is 6.77. The Morgan fingerprint density at radius 1 is 1.57 bits per heavy atom. The van der Waals surface area contributed by atoms with E-state index in [-0.39, 0.29) is 11.9 Å². The summed E-state index contributed by atoms with van der Waals surface area (Å²) in [5.41, 5.74) is 0. The molecule has 0 saturated heterocycles. The molecule has 0 radical (unpaired) electrons. The summed E-state index contributed by atoms with van der Waals surface area (Å²) in [7, 11) is 0. The lowest BCUT2D eigenvalue weighted by atomic mass is 10.1. The van der Waals surface area contributed by atoms with Gasteiger partial charge < -0.3 is 5.32 Å². The topological polar surface area (TPSA) is 29.1 Å². The van der Waals surface area contributed by atoms with Gasteiger partial charge in [-0.2, -0.15) is 0 Å². The Morgan fingerprint density at radius 3 is 2.86 bits per heavy atom. The van der Waals surface area contributed by atoms with E-state index in [9.17, 15) is 4.79 Å². The van der Waals surface area contributed by atoms with Gasteiger partial charge in [0.25, 0.3) is 0 Å². The van der Waals surface area contributed by atoms with Crippen LogP contribution in [0.1, 0.15) is 44.0 Å². The number of carbonyl (C=O) groups is 1. The van der Waals surface area contributed by atoms with Crippen molar-refractivity contribution in [3.63, 3.8) is 0 Å². The summed E-state index contributed by atoms with van der Waals surface area (Å²) in [5, 5.41) is 5.09. The molecule has 1 amide bonds. The number of nitrogens with one attached hydrogen (secondary N) is 1. The van der Waals surface area contributed by atoms with E-state index in [1.54, 1.807) is 11.3 Å². The van der Waals surface area contributed by atoms with Crippen LogP contribution < -0.4 is 5.32 Å². The van der Waals surface area contributed by atoms with Crippen LogP contribution in [0.2, 0.25) is 0 Å². The van der Waals surface area contributed by atoms with E-state index in [2.05, 4.69) is 23.7 Å². The van der Waals surface area contributed by atoms with E-state index in [4.69, 9.17) is 0 Å². The normalized spacial score (nSPS) is 12.4. The zero-order valence-electron chi connectivity index (χ0n) is 8.75. The number of hydrogen-bond donors (Lipinski definition) is 1. The van der Waals surface area contributed by atoms with Crippen LogP contribution in [-0.2, 0) is 4.79 Å². The van der Waals surface area contributed by atoms with Gasteiger partial charge in [0.05, 0.1) is 6.04 Å². The third-order valence-electron chi connectivity index (χ3n) is 2.12. The monoisotopic (exact) mass is 211 g/mol. The van der Waals surface area contributed by atoms with Gasteiger partial charge in [0.15, 0.2) is 0 Å². The molecule has 0 aliphatic rings. The highest BCUT2D eigenvalue weighted by molar-refractivity contribution is 7.10. The molecule has 1 unspecified atom stereocenters. The molecule has 1 aromatic rings. The summed E-state index contributed by atoms with van der Waals surface area (Å²) in [6, 6.07) is 4.33. The summed E-state index contributed by atoms with van der Waals surface area (Å²) >= 11 is 1.71. The van der Waals surface area contributed by atoms with Crippen molar-refractivity contribution in [2.75, 3.05) is 0 Å². The Kier molecular flexibility index (Phi) is 4.66. The van der Waals surface area contributed by atoms with E-state index in [0.29, 0.717) is 6.42 Å². The fourth-order valence-electron chi connectivity index (χ4n) is 1.36. The smallest absolute Gasteiger partial charge is 0.220 e. The molecule has 1 rings (SSSR count). The van der Waals surface area contributed by atoms with Crippen molar-refractivity contribution < 1.29 is 4.79 Å². The maximum absolute atomic E-state index is 11.3. The van der Waals surface area contributed by atoms with Crippen molar-refractivity contribution in [2.24, 2.45) is 0 Å². The fourth-order valence-corrected chi connectivity index (χ4v) is 2.17. The maximum atomic E-state index is 11.3. The molecule has 3 heteroatoms. The molecule has 14 heavy (non-hydrogen) atoms. The van der Waals surface area contributed by atoms with Gasteiger partial charge in [-0.3, -0.25) is 4.79 Å². The predicted molar refractivity (Wildman–Crippen MR) is 60.4 cm³/mol. The summed E-state index contributed by atoms with van der Waals surface area (Å²) in [6.45, 7) is 4.02. The molecule has 1 N–H and O–H groups in total. The van der Waals surface area contributed by atoms with Crippen LogP contribution in [0.3, 0.4) is 0 Å². The lowest BCUT2D eigenvalue weighted by Crippen LogP contribution is -2.26.